The fourth-order valence-corrected chi connectivity index (χ4v) is 1.26. The normalized spacial score (nSPS) is 10.7. The standard InChI is InChI=1S/C11H14N4O2.ClH/c12-10(13)9(15-7-16)11(17)14-6-8-4-2-1-3-5-8;/h1-5,7,9H,6H2,(H3,12,13)(H,14,17)(H,15,16);1H. The van der Waals surface area contributed by atoms with E-state index in [4.69, 9.17) is 11.1 Å². The van der Waals surface area contributed by atoms with E-state index < -0.39 is 17.8 Å². The zero-order valence-corrected chi connectivity index (χ0v) is 10.4. The lowest BCUT2D eigenvalue weighted by molar-refractivity contribution is -0.123. The van der Waals surface area contributed by atoms with E-state index in [0.717, 1.165) is 5.56 Å². The second-order valence-electron chi connectivity index (χ2n) is 3.38. The number of amides is 2. The van der Waals surface area contributed by atoms with Gasteiger partial charge in [0.2, 0.25) is 6.41 Å². The predicted molar refractivity (Wildman–Crippen MR) is 70.4 cm³/mol. The molecule has 0 aliphatic rings. The summed E-state index contributed by atoms with van der Waals surface area (Å²) in [5.74, 6) is -0.906. The van der Waals surface area contributed by atoms with Gasteiger partial charge < -0.3 is 16.4 Å². The first kappa shape index (κ1) is 15.9. The number of halogens is 1. The van der Waals surface area contributed by atoms with Gasteiger partial charge in [0.15, 0.2) is 6.04 Å². The van der Waals surface area contributed by atoms with Crippen molar-refractivity contribution < 1.29 is 9.59 Å². The average molecular weight is 271 g/mol. The fourth-order valence-electron chi connectivity index (χ4n) is 1.26. The summed E-state index contributed by atoms with van der Waals surface area (Å²) in [6.45, 7) is 0.323. The van der Waals surface area contributed by atoms with Crippen molar-refractivity contribution in [3.8, 4) is 0 Å². The molecule has 0 saturated heterocycles. The first-order chi connectivity index (χ1) is 8.15. The molecule has 1 atom stereocenters. The first-order valence-electron chi connectivity index (χ1n) is 5.00. The summed E-state index contributed by atoms with van der Waals surface area (Å²) >= 11 is 0. The lowest BCUT2D eigenvalue weighted by Gasteiger charge is -2.14. The monoisotopic (exact) mass is 270 g/mol. The maximum Gasteiger partial charge on any atom is 0.250 e. The number of hydrogen-bond donors (Lipinski definition) is 4. The zero-order chi connectivity index (χ0) is 12.7. The van der Waals surface area contributed by atoms with E-state index in [1.807, 2.05) is 30.3 Å². The van der Waals surface area contributed by atoms with Crippen molar-refractivity contribution in [2.45, 2.75) is 12.6 Å². The minimum atomic E-state index is -1.11. The van der Waals surface area contributed by atoms with Crippen molar-refractivity contribution in [3.63, 3.8) is 0 Å². The van der Waals surface area contributed by atoms with Gasteiger partial charge in [-0.25, -0.2) is 0 Å². The molecule has 0 fully saturated rings. The number of amidine groups is 1. The van der Waals surface area contributed by atoms with Crippen molar-refractivity contribution in [2.75, 3.05) is 0 Å². The highest BCUT2D eigenvalue weighted by Gasteiger charge is 2.19. The Hall–Kier alpha value is -2.08. The topological polar surface area (TPSA) is 108 Å². The number of carbonyl (C=O) groups excluding carboxylic acids is 2. The van der Waals surface area contributed by atoms with E-state index in [1.165, 1.54) is 0 Å². The van der Waals surface area contributed by atoms with Gasteiger partial charge in [0, 0.05) is 6.54 Å². The molecular formula is C11H15ClN4O2. The molecule has 7 heteroatoms. The Labute approximate surface area is 111 Å². The smallest absolute Gasteiger partial charge is 0.250 e. The van der Waals surface area contributed by atoms with Gasteiger partial charge in [-0.15, -0.1) is 12.4 Å². The van der Waals surface area contributed by atoms with Crippen molar-refractivity contribution in [1.29, 1.82) is 5.41 Å². The van der Waals surface area contributed by atoms with Gasteiger partial charge in [-0.3, -0.25) is 15.0 Å². The summed E-state index contributed by atoms with van der Waals surface area (Å²) in [6.07, 6.45) is 0.341. The maximum atomic E-state index is 11.6. The quantitative estimate of drug-likeness (QED) is 0.326. The lowest BCUT2D eigenvalue weighted by atomic mass is 10.2. The van der Waals surface area contributed by atoms with E-state index in [1.54, 1.807) is 0 Å². The molecule has 0 bridgehead atoms. The summed E-state index contributed by atoms with van der Waals surface area (Å²) in [6, 6.07) is 8.18. The molecule has 1 rings (SSSR count). The molecule has 0 aliphatic heterocycles. The second kappa shape index (κ2) is 8.08. The molecule has 0 heterocycles. The first-order valence-corrected chi connectivity index (χ1v) is 5.00. The molecule has 0 aromatic heterocycles. The lowest BCUT2D eigenvalue weighted by Crippen LogP contribution is -2.51. The van der Waals surface area contributed by atoms with Crippen LogP contribution in [0.2, 0.25) is 0 Å². The molecule has 0 spiro atoms. The molecule has 2 amide bonds. The molecule has 1 unspecified atom stereocenters. The number of nitrogens with two attached hydrogens (primary N) is 1. The molecule has 1 aromatic carbocycles. The molecule has 0 aliphatic carbocycles. The number of carbonyl (C=O) groups is 2. The van der Waals surface area contributed by atoms with Gasteiger partial charge in [0.1, 0.15) is 5.84 Å². The summed E-state index contributed by atoms with van der Waals surface area (Å²) < 4.78 is 0. The minimum absolute atomic E-state index is 0. The van der Waals surface area contributed by atoms with Crippen LogP contribution in [0.1, 0.15) is 5.56 Å². The van der Waals surface area contributed by atoms with Gasteiger partial charge in [0.05, 0.1) is 0 Å². The van der Waals surface area contributed by atoms with Crippen LogP contribution in [0.25, 0.3) is 0 Å². The van der Waals surface area contributed by atoms with E-state index in [0.29, 0.717) is 13.0 Å². The third-order valence-electron chi connectivity index (χ3n) is 2.12. The highest BCUT2D eigenvalue weighted by molar-refractivity contribution is 6.06. The van der Waals surface area contributed by atoms with Crippen LogP contribution in [0.4, 0.5) is 0 Å². The zero-order valence-electron chi connectivity index (χ0n) is 9.55. The summed E-state index contributed by atoms with van der Waals surface area (Å²) in [5, 5.41) is 11.9. The Morgan fingerprint density at radius 1 is 1.39 bits per heavy atom. The van der Waals surface area contributed by atoms with Crippen molar-refractivity contribution in [1.82, 2.24) is 10.6 Å². The molecule has 18 heavy (non-hydrogen) atoms. The Morgan fingerprint density at radius 3 is 2.50 bits per heavy atom. The molecular weight excluding hydrogens is 256 g/mol. The van der Waals surface area contributed by atoms with Crippen LogP contribution in [0, 0.1) is 5.41 Å². The molecule has 98 valence electrons. The van der Waals surface area contributed by atoms with Crippen LogP contribution in [0.3, 0.4) is 0 Å². The van der Waals surface area contributed by atoms with E-state index in [-0.39, 0.29) is 12.4 Å². The Bertz CT molecular complexity index is 411. The van der Waals surface area contributed by atoms with Gasteiger partial charge in [-0.2, -0.15) is 0 Å². The van der Waals surface area contributed by atoms with Crippen LogP contribution < -0.4 is 16.4 Å². The molecule has 0 radical (unpaired) electrons. The van der Waals surface area contributed by atoms with Gasteiger partial charge in [0.25, 0.3) is 5.91 Å². The predicted octanol–water partition coefficient (Wildman–Crippen LogP) is -0.225. The van der Waals surface area contributed by atoms with Crippen LogP contribution >= 0.6 is 12.4 Å². The van der Waals surface area contributed by atoms with Gasteiger partial charge in [-0.05, 0) is 5.56 Å². The van der Waals surface area contributed by atoms with Crippen molar-refractivity contribution in [2.24, 2.45) is 5.73 Å². The minimum Gasteiger partial charge on any atom is -0.385 e. The Morgan fingerprint density at radius 2 is 2.00 bits per heavy atom. The summed E-state index contributed by atoms with van der Waals surface area (Å²) in [5.41, 5.74) is 6.12. The van der Waals surface area contributed by atoms with E-state index in [9.17, 15) is 9.59 Å². The SMILES string of the molecule is Cl.N=C(N)C(NC=O)C(=O)NCc1ccccc1. The molecule has 6 nitrogen and oxygen atoms in total. The molecule has 1 aromatic rings. The highest BCUT2D eigenvalue weighted by atomic mass is 35.5. The number of nitrogens with one attached hydrogen (secondary N) is 3. The second-order valence-corrected chi connectivity index (χ2v) is 3.38. The number of benzene rings is 1. The summed E-state index contributed by atoms with van der Waals surface area (Å²) in [4.78, 5) is 21.8. The largest absolute Gasteiger partial charge is 0.385 e. The molecule has 5 N–H and O–H groups in total. The van der Waals surface area contributed by atoms with Crippen molar-refractivity contribution in [3.05, 3.63) is 35.9 Å². The molecule has 0 saturated carbocycles. The average Bonchev–Trinajstić information content (AvgIpc) is 2.34. The van der Waals surface area contributed by atoms with Crippen LogP contribution in [-0.4, -0.2) is 24.2 Å². The van der Waals surface area contributed by atoms with Crippen LogP contribution in [0.5, 0.6) is 0 Å². The highest BCUT2D eigenvalue weighted by Crippen LogP contribution is 1.97. The van der Waals surface area contributed by atoms with Gasteiger partial charge >= 0.3 is 0 Å². The maximum absolute atomic E-state index is 11.6. The van der Waals surface area contributed by atoms with Crippen LogP contribution in [0.15, 0.2) is 30.3 Å². The van der Waals surface area contributed by atoms with Crippen LogP contribution in [-0.2, 0) is 16.1 Å². The third-order valence-corrected chi connectivity index (χ3v) is 2.12. The number of rotatable bonds is 6. The third kappa shape index (κ3) is 4.84. The summed E-state index contributed by atoms with van der Waals surface area (Å²) in [7, 11) is 0. The Balaban J connectivity index is 0.00000289. The van der Waals surface area contributed by atoms with Gasteiger partial charge in [-0.1, -0.05) is 30.3 Å². The fraction of sp³-hybridized carbons (Fsp3) is 0.182. The number of hydrogen-bond acceptors (Lipinski definition) is 3. The van der Waals surface area contributed by atoms with E-state index in [2.05, 4.69) is 10.6 Å². The van der Waals surface area contributed by atoms with Crippen molar-refractivity contribution >= 4 is 30.6 Å². The van der Waals surface area contributed by atoms with E-state index >= 15 is 0 Å². The Kier molecular flexibility index (Phi) is 7.14.